The lowest BCUT2D eigenvalue weighted by atomic mass is 9.84. The molecule has 1 unspecified atom stereocenters. The van der Waals surface area contributed by atoms with Crippen molar-refractivity contribution in [3.63, 3.8) is 0 Å². The van der Waals surface area contributed by atoms with Crippen LogP contribution in [0, 0.1) is 12.7 Å². The molecular weight excluding hydrogens is 659 g/mol. The Balaban J connectivity index is 1.31. The number of hydrogen-bond donors (Lipinski definition) is 0. The highest BCUT2D eigenvalue weighted by atomic mass is 35.5. The molecule has 2 aliphatic rings. The van der Waals surface area contributed by atoms with Crippen LogP contribution in [0.4, 0.5) is 15.2 Å². The highest BCUT2D eigenvalue weighted by Gasteiger charge is 2.66. The maximum Gasteiger partial charge on any atom is 0.297 e. The molecule has 47 heavy (non-hydrogen) atoms. The summed E-state index contributed by atoms with van der Waals surface area (Å²) in [5.74, 6) is -1.62. The molecule has 12 heteroatoms. The maximum atomic E-state index is 15.1. The number of aryl methyl sites for hydroxylation is 1. The largest absolute Gasteiger partial charge is 0.450 e. The van der Waals surface area contributed by atoms with E-state index in [9.17, 15) is 14.0 Å². The fourth-order valence-electron chi connectivity index (χ4n) is 6.25. The molecule has 2 aromatic heterocycles. The first-order chi connectivity index (χ1) is 22.8. The van der Waals surface area contributed by atoms with Gasteiger partial charge in [-0.15, -0.1) is 10.2 Å². The first kappa shape index (κ1) is 29.6. The molecule has 6 aromatic rings. The minimum Gasteiger partial charge on any atom is -0.450 e. The molecule has 0 saturated carbocycles. The highest BCUT2D eigenvalue weighted by molar-refractivity contribution is 8.00. The highest BCUT2D eigenvalue weighted by Crippen LogP contribution is 2.55. The number of para-hydroxylation sites is 1. The smallest absolute Gasteiger partial charge is 0.297 e. The Morgan fingerprint density at radius 1 is 0.936 bits per heavy atom. The summed E-state index contributed by atoms with van der Waals surface area (Å²) in [6.45, 7) is 2.16. The molecule has 2 aliphatic heterocycles. The van der Waals surface area contributed by atoms with Gasteiger partial charge in [-0.05, 0) is 54.4 Å². The predicted octanol–water partition coefficient (Wildman–Crippen LogP) is 7.49. The SMILES string of the molecule is Cc1ccc(CN2C(=O)C3(c4ccccc42)c2c(oc4ccc(F)cc4c2=O)C(=O)N3c2nnc(SCc3ccc(Cl)cc3)s2)cc1. The zero-order valence-electron chi connectivity index (χ0n) is 24.6. The van der Waals surface area contributed by atoms with Gasteiger partial charge in [0.15, 0.2) is 15.3 Å². The van der Waals surface area contributed by atoms with E-state index in [2.05, 4.69) is 10.2 Å². The summed E-state index contributed by atoms with van der Waals surface area (Å²) < 4.78 is 21.1. The number of nitrogens with zero attached hydrogens (tertiary/aromatic N) is 4. The monoisotopic (exact) mass is 680 g/mol. The fraction of sp³-hybridized carbons (Fsp3) is 0.114. The first-order valence-corrected chi connectivity index (χ1v) is 16.7. The predicted molar refractivity (Wildman–Crippen MR) is 180 cm³/mol. The third-order valence-electron chi connectivity index (χ3n) is 8.41. The van der Waals surface area contributed by atoms with Gasteiger partial charge >= 0.3 is 0 Å². The zero-order valence-corrected chi connectivity index (χ0v) is 27.0. The summed E-state index contributed by atoms with van der Waals surface area (Å²) in [6.07, 6.45) is 0. The van der Waals surface area contributed by atoms with Crippen LogP contribution in [0.2, 0.25) is 5.02 Å². The van der Waals surface area contributed by atoms with E-state index in [1.54, 1.807) is 41.3 Å². The molecule has 8 nitrogen and oxygen atoms in total. The van der Waals surface area contributed by atoms with Gasteiger partial charge in [0.1, 0.15) is 11.4 Å². The molecule has 2 amide bonds. The van der Waals surface area contributed by atoms with Crippen molar-refractivity contribution in [1.29, 1.82) is 0 Å². The molecule has 0 aliphatic carbocycles. The van der Waals surface area contributed by atoms with Crippen molar-refractivity contribution in [2.24, 2.45) is 0 Å². The van der Waals surface area contributed by atoms with Crippen LogP contribution < -0.4 is 15.2 Å². The summed E-state index contributed by atoms with van der Waals surface area (Å²) in [4.78, 5) is 46.7. The number of aromatic nitrogens is 2. The fourth-order valence-corrected chi connectivity index (χ4v) is 8.22. The second-order valence-electron chi connectivity index (χ2n) is 11.3. The van der Waals surface area contributed by atoms with Crippen LogP contribution in [0.5, 0.6) is 0 Å². The Bertz CT molecular complexity index is 2310. The topological polar surface area (TPSA) is 96.6 Å². The summed E-state index contributed by atoms with van der Waals surface area (Å²) in [6, 6.07) is 25.8. The van der Waals surface area contributed by atoms with E-state index in [0.717, 1.165) is 40.2 Å². The molecule has 0 radical (unpaired) electrons. The number of amides is 2. The van der Waals surface area contributed by atoms with Gasteiger partial charge in [-0.1, -0.05) is 94.9 Å². The molecule has 232 valence electrons. The molecule has 0 fully saturated rings. The third-order valence-corrected chi connectivity index (χ3v) is 10.8. The van der Waals surface area contributed by atoms with Crippen molar-refractivity contribution in [2.75, 3.05) is 9.80 Å². The summed E-state index contributed by atoms with van der Waals surface area (Å²) in [5.41, 5.74) is 1.11. The summed E-state index contributed by atoms with van der Waals surface area (Å²) in [7, 11) is 0. The lowest BCUT2D eigenvalue weighted by Gasteiger charge is -2.32. The van der Waals surface area contributed by atoms with E-state index in [-0.39, 0.29) is 34.0 Å². The van der Waals surface area contributed by atoms with Gasteiger partial charge in [0.25, 0.3) is 11.8 Å². The van der Waals surface area contributed by atoms with Crippen LogP contribution in [-0.2, 0) is 22.6 Å². The van der Waals surface area contributed by atoms with Crippen LogP contribution in [0.25, 0.3) is 11.0 Å². The molecule has 4 aromatic carbocycles. The van der Waals surface area contributed by atoms with Gasteiger partial charge in [0, 0.05) is 16.3 Å². The number of hydrogen-bond acceptors (Lipinski definition) is 8. The van der Waals surface area contributed by atoms with Crippen molar-refractivity contribution in [2.45, 2.75) is 29.1 Å². The van der Waals surface area contributed by atoms with E-state index < -0.39 is 28.6 Å². The molecule has 4 heterocycles. The number of carbonyl (C=O) groups is 2. The molecule has 1 atom stereocenters. The van der Waals surface area contributed by atoms with E-state index in [1.165, 1.54) is 22.7 Å². The Morgan fingerprint density at radius 2 is 1.68 bits per heavy atom. The van der Waals surface area contributed by atoms with Crippen LogP contribution in [0.1, 0.15) is 38.4 Å². The van der Waals surface area contributed by atoms with E-state index >= 15 is 4.79 Å². The average Bonchev–Trinajstić information content (AvgIpc) is 3.71. The Labute approximate surface area is 280 Å². The number of anilines is 2. The molecule has 0 N–H and O–H groups in total. The minimum absolute atomic E-state index is 0.0345. The van der Waals surface area contributed by atoms with Crippen molar-refractivity contribution in [3.05, 3.63) is 146 Å². The number of thioether (sulfide) groups is 1. The van der Waals surface area contributed by atoms with Crippen molar-refractivity contribution < 1.29 is 18.4 Å². The second kappa shape index (κ2) is 11.2. The van der Waals surface area contributed by atoms with Gasteiger partial charge in [0.05, 0.1) is 23.2 Å². The second-order valence-corrected chi connectivity index (χ2v) is 13.9. The van der Waals surface area contributed by atoms with Crippen LogP contribution in [0.15, 0.2) is 105 Å². The maximum absolute atomic E-state index is 15.1. The normalized spacial score (nSPS) is 16.8. The van der Waals surface area contributed by atoms with Gasteiger partial charge in [-0.3, -0.25) is 19.3 Å². The standard InChI is InChI=1S/C35H22ClFN4O4S2/c1-19-6-8-20(9-7-19)17-40-26-5-3-2-4-25(26)35(32(40)44)28-29(42)24-16-23(37)14-15-27(24)45-30(28)31(43)41(35)33-38-39-34(47-33)46-18-21-10-12-22(36)13-11-21/h2-16H,17-18H2,1H3. The average molecular weight is 681 g/mol. The first-order valence-electron chi connectivity index (χ1n) is 14.5. The van der Waals surface area contributed by atoms with Crippen LogP contribution >= 0.6 is 34.7 Å². The lowest BCUT2D eigenvalue weighted by Crippen LogP contribution is -2.53. The number of rotatable bonds is 6. The molecule has 0 bridgehead atoms. The number of halogens is 2. The van der Waals surface area contributed by atoms with Gasteiger partial charge in [0.2, 0.25) is 10.9 Å². The molecule has 0 saturated heterocycles. The minimum atomic E-state index is -1.97. The van der Waals surface area contributed by atoms with E-state index in [4.69, 9.17) is 16.0 Å². The van der Waals surface area contributed by atoms with Crippen LogP contribution in [0.3, 0.4) is 0 Å². The zero-order chi connectivity index (χ0) is 32.4. The van der Waals surface area contributed by atoms with Gasteiger partial charge in [-0.25, -0.2) is 4.39 Å². The Kier molecular flexibility index (Phi) is 7.01. The lowest BCUT2D eigenvalue weighted by molar-refractivity contribution is -0.121. The van der Waals surface area contributed by atoms with Gasteiger partial charge in [-0.2, -0.15) is 0 Å². The number of carbonyl (C=O) groups excluding carboxylic acids is 2. The molecular formula is C35H22ClFN4O4S2. The Morgan fingerprint density at radius 3 is 2.47 bits per heavy atom. The van der Waals surface area contributed by atoms with E-state index in [1.807, 2.05) is 43.3 Å². The number of benzene rings is 4. The van der Waals surface area contributed by atoms with Crippen LogP contribution in [-0.4, -0.2) is 22.0 Å². The van der Waals surface area contributed by atoms with E-state index in [0.29, 0.717) is 26.4 Å². The summed E-state index contributed by atoms with van der Waals surface area (Å²) >= 11 is 8.58. The van der Waals surface area contributed by atoms with Gasteiger partial charge < -0.3 is 9.32 Å². The molecule has 1 spiro atoms. The Hall–Kier alpha value is -4.84. The van der Waals surface area contributed by atoms with Crippen molar-refractivity contribution in [3.8, 4) is 0 Å². The molecule has 8 rings (SSSR count). The number of fused-ring (bicyclic) bond motifs is 5. The van der Waals surface area contributed by atoms with Crippen molar-refractivity contribution >= 4 is 68.3 Å². The summed E-state index contributed by atoms with van der Waals surface area (Å²) in [5, 5.41) is 9.39. The quantitative estimate of drug-likeness (QED) is 0.133. The van der Waals surface area contributed by atoms with Crippen molar-refractivity contribution in [1.82, 2.24) is 10.2 Å². The third kappa shape index (κ3) is 4.60.